The summed E-state index contributed by atoms with van der Waals surface area (Å²) in [5.74, 6) is 0.886. The van der Waals surface area contributed by atoms with Crippen LogP contribution in [0.1, 0.15) is 12.8 Å². The summed E-state index contributed by atoms with van der Waals surface area (Å²) >= 11 is 0. The average molecular weight is 290 g/mol. The van der Waals surface area contributed by atoms with Crippen LogP contribution in [0.25, 0.3) is 0 Å². The molecule has 1 unspecified atom stereocenters. The maximum Gasteiger partial charge on any atom is 0.228 e. The van der Waals surface area contributed by atoms with Crippen molar-refractivity contribution in [3.63, 3.8) is 0 Å². The van der Waals surface area contributed by atoms with E-state index in [1.54, 1.807) is 24.2 Å². The Morgan fingerprint density at radius 3 is 2.76 bits per heavy atom. The van der Waals surface area contributed by atoms with Crippen LogP contribution < -0.4 is 15.5 Å². The molecule has 0 aromatic carbocycles. The van der Waals surface area contributed by atoms with E-state index in [0.29, 0.717) is 24.8 Å². The summed E-state index contributed by atoms with van der Waals surface area (Å²) < 4.78 is 0. The molecule has 7 nitrogen and oxygen atoms in total. The molecule has 2 rings (SSSR count). The highest BCUT2D eigenvalue weighted by Crippen LogP contribution is 2.22. The molecule has 114 valence electrons. The number of nitrogens with one attached hydrogen (secondary N) is 3. The molecule has 1 aliphatic rings. The predicted octanol–water partition coefficient (Wildman–Crippen LogP) is 0.705. The second-order valence-electron chi connectivity index (χ2n) is 5.31. The van der Waals surface area contributed by atoms with Crippen LogP contribution in [-0.4, -0.2) is 55.5 Å². The van der Waals surface area contributed by atoms with Gasteiger partial charge in [0.05, 0.1) is 11.9 Å². The Balaban J connectivity index is 2.02. The number of amides is 1. The van der Waals surface area contributed by atoms with Crippen LogP contribution in [0.4, 0.5) is 11.5 Å². The zero-order chi connectivity index (χ0) is 15.4. The normalized spacial score (nSPS) is 18.8. The Labute approximate surface area is 124 Å². The van der Waals surface area contributed by atoms with E-state index >= 15 is 0 Å². The van der Waals surface area contributed by atoms with Gasteiger partial charge in [0.1, 0.15) is 5.82 Å². The monoisotopic (exact) mass is 290 g/mol. The Bertz CT molecular complexity index is 513. The maximum absolute atomic E-state index is 12.2. The molecule has 1 saturated heterocycles. The average Bonchev–Trinajstić information content (AvgIpc) is 2.48. The van der Waals surface area contributed by atoms with Crippen molar-refractivity contribution in [2.24, 2.45) is 0 Å². The molecule has 0 aliphatic carbocycles. The first kappa shape index (κ1) is 15.2. The topological polar surface area (TPSA) is 84.4 Å². The molecule has 0 saturated carbocycles. The number of nitrogens with zero attached hydrogens (tertiary/aromatic N) is 3. The number of piperidine rings is 1. The van der Waals surface area contributed by atoms with Crippen LogP contribution in [0.15, 0.2) is 18.3 Å². The Morgan fingerprint density at radius 1 is 1.48 bits per heavy atom. The number of pyridine rings is 1. The molecule has 1 aliphatic heterocycles. The summed E-state index contributed by atoms with van der Waals surface area (Å²) in [5, 5.41) is 13.0. The highest BCUT2D eigenvalue weighted by molar-refractivity contribution is 5.95. The van der Waals surface area contributed by atoms with Crippen molar-refractivity contribution < 1.29 is 4.79 Å². The molecule has 7 heteroatoms. The van der Waals surface area contributed by atoms with E-state index in [1.165, 1.54) is 0 Å². The highest BCUT2D eigenvalue weighted by Gasteiger charge is 2.27. The first-order chi connectivity index (χ1) is 10.0. The quantitative estimate of drug-likeness (QED) is 0.564. The number of carbonyl (C=O) groups excluding carboxylic acids is 1. The number of carbonyl (C=O) groups is 1. The summed E-state index contributed by atoms with van der Waals surface area (Å²) in [5.41, 5.74) is 0.804. The molecule has 1 fully saturated rings. The van der Waals surface area contributed by atoms with Crippen molar-refractivity contribution in [2.75, 3.05) is 37.9 Å². The van der Waals surface area contributed by atoms with Crippen molar-refractivity contribution in [3.05, 3.63) is 18.3 Å². The van der Waals surface area contributed by atoms with E-state index in [-0.39, 0.29) is 11.9 Å². The third kappa shape index (κ3) is 3.69. The van der Waals surface area contributed by atoms with Gasteiger partial charge in [-0.3, -0.25) is 10.2 Å². The lowest BCUT2D eigenvalue weighted by Crippen LogP contribution is -2.45. The number of rotatable bonds is 3. The molecule has 2 heterocycles. The smallest absolute Gasteiger partial charge is 0.228 e. The third-order valence-electron chi connectivity index (χ3n) is 3.69. The highest BCUT2D eigenvalue weighted by atomic mass is 16.2. The second-order valence-corrected chi connectivity index (χ2v) is 5.31. The lowest BCUT2D eigenvalue weighted by Gasteiger charge is -2.34. The van der Waals surface area contributed by atoms with Gasteiger partial charge in [0.2, 0.25) is 5.91 Å². The second kappa shape index (κ2) is 6.53. The van der Waals surface area contributed by atoms with Crippen molar-refractivity contribution in [1.82, 2.24) is 15.2 Å². The van der Waals surface area contributed by atoms with Crippen molar-refractivity contribution in [3.8, 4) is 0 Å². The number of guanidine groups is 1. The van der Waals surface area contributed by atoms with Crippen LogP contribution >= 0.6 is 0 Å². The fraction of sp³-hybridized carbons (Fsp3) is 0.500. The minimum Gasteiger partial charge on any atom is -0.359 e. The van der Waals surface area contributed by atoms with E-state index in [1.807, 2.05) is 20.2 Å². The summed E-state index contributed by atoms with van der Waals surface area (Å²) in [6.45, 7) is 0.711. The van der Waals surface area contributed by atoms with Crippen LogP contribution in [0.5, 0.6) is 0 Å². The zero-order valence-corrected chi connectivity index (χ0v) is 12.7. The van der Waals surface area contributed by atoms with E-state index in [0.717, 1.165) is 12.1 Å². The maximum atomic E-state index is 12.2. The van der Waals surface area contributed by atoms with Gasteiger partial charge in [-0.15, -0.1) is 0 Å². The minimum absolute atomic E-state index is 0.130. The zero-order valence-electron chi connectivity index (χ0n) is 12.7. The number of anilines is 2. The summed E-state index contributed by atoms with van der Waals surface area (Å²) in [6.07, 6.45) is 3.17. The fourth-order valence-corrected chi connectivity index (χ4v) is 2.34. The van der Waals surface area contributed by atoms with E-state index in [9.17, 15) is 4.79 Å². The lowest BCUT2D eigenvalue weighted by molar-refractivity contribution is -0.120. The van der Waals surface area contributed by atoms with Gasteiger partial charge in [-0.25, -0.2) is 4.98 Å². The Kier molecular flexibility index (Phi) is 4.74. The van der Waals surface area contributed by atoms with Gasteiger partial charge in [-0.2, -0.15) is 0 Å². The third-order valence-corrected chi connectivity index (χ3v) is 3.69. The summed E-state index contributed by atoms with van der Waals surface area (Å²) in [6, 6.07) is 3.94. The van der Waals surface area contributed by atoms with Crippen LogP contribution in [-0.2, 0) is 4.79 Å². The minimum atomic E-state index is 0.130. The van der Waals surface area contributed by atoms with E-state index < -0.39 is 0 Å². The van der Waals surface area contributed by atoms with Gasteiger partial charge in [0.15, 0.2) is 5.96 Å². The Morgan fingerprint density at radius 2 is 2.24 bits per heavy atom. The van der Waals surface area contributed by atoms with Gasteiger partial charge in [0.25, 0.3) is 0 Å². The van der Waals surface area contributed by atoms with Gasteiger partial charge < -0.3 is 20.4 Å². The number of aromatic nitrogens is 1. The van der Waals surface area contributed by atoms with Gasteiger partial charge in [-0.1, -0.05) is 0 Å². The number of hydrogen-bond donors (Lipinski definition) is 3. The first-order valence-electron chi connectivity index (χ1n) is 6.97. The summed E-state index contributed by atoms with van der Waals surface area (Å²) in [7, 11) is 5.68. The standard InChI is InChI=1S/C14H22N6O/c1-16-14(15)18-12-5-4-11(9-17-12)20-7-6-10(19(2)3)8-13(20)21/h4-5,9-10H,6-8H2,1-3H3,(H3,15,16,17,18). The van der Waals surface area contributed by atoms with E-state index in [4.69, 9.17) is 5.41 Å². The Hall–Kier alpha value is -2.15. The largest absolute Gasteiger partial charge is 0.359 e. The van der Waals surface area contributed by atoms with Gasteiger partial charge in [0, 0.05) is 26.1 Å². The van der Waals surface area contributed by atoms with Gasteiger partial charge in [-0.05, 0) is 32.6 Å². The lowest BCUT2D eigenvalue weighted by atomic mass is 10.0. The number of hydrogen-bond acceptors (Lipinski definition) is 4. The van der Waals surface area contributed by atoms with Crippen molar-refractivity contribution in [1.29, 1.82) is 5.41 Å². The SMILES string of the molecule is CNC(=N)Nc1ccc(N2CCC(N(C)C)CC2=O)cn1. The van der Waals surface area contributed by atoms with Crippen LogP contribution in [0.3, 0.4) is 0 Å². The molecule has 1 atom stereocenters. The van der Waals surface area contributed by atoms with Crippen LogP contribution in [0, 0.1) is 5.41 Å². The molecule has 1 amide bonds. The van der Waals surface area contributed by atoms with E-state index in [2.05, 4.69) is 20.5 Å². The first-order valence-corrected chi connectivity index (χ1v) is 6.97. The fourth-order valence-electron chi connectivity index (χ4n) is 2.34. The molecule has 0 bridgehead atoms. The molecule has 0 radical (unpaired) electrons. The molecule has 1 aromatic rings. The molecular formula is C14H22N6O. The molecule has 21 heavy (non-hydrogen) atoms. The molecular weight excluding hydrogens is 268 g/mol. The van der Waals surface area contributed by atoms with Gasteiger partial charge >= 0.3 is 0 Å². The summed E-state index contributed by atoms with van der Waals surface area (Å²) in [4.78, 5) is 20.3. The van der Waals surface area contributed by atoms with Crippen LogP contribution in [0.2, 0.25) is 0 Å². The predicted molar refractivity (Wildman–Crippen MR) is 83.7 cm³/mol. The van der Waals surface area contributed by atoms with Crippen molar-refractivity contribution >= 4 is 23.4 Å². The van der Waals surface area contributed by atoms with Crippen molar-refractivity contribution in [2.45, 2.75) is 18.9 Å². The molecule has 0 spiro atoms. The molecule has 3 N–H and O–H groups in total. The molecule has 1 aromatic heterocycles.